The van der Waals surface area contributed by atoms with Gasteiger partial charge in [0.15, 0.2) is 0 Å². The van der Waals surface area contributed by atoms with Crippen LogP contribution in [0.1, 0.15) is 22.3 Å². The van der Waals surface area contributed by atoms with E-state index in [1.165, 1.54) is 29.5 Å². The topological polar surface area (TPSA) is 29.5 Å². The summed E-state index contributed by atoms with van der Waals surface area (Å²) in [5, 5.41) is 0. The van der Waals surface area contributed by atoms with Crippen molar-refractivity contribution in [3.05, 3.63) is 104 Å². The van der Waals surface area contributed by atoms with Crippen molar-refractivity contribution in [2.24, 2.45) is 0 Å². The highest BCUT2D eigenvalue weighted by atomic mass is 79.9. The van der Waals surface area contributed by atoms with Gasteiger partial charge in [0.25, 0.3) is 5.91 Å². The highest BCUT2D eigenvalue weighted by Crippen LogP contribution is 2.36. The van der Waals surface area contributed by atoms with Crippen molar-refractivity contribution in [3.8, 4) is 5.75 Å². The minimum Gasteiger partial charge on any atom is -0.488 e. The van der Waals surface area contributed by atoms with Crippen molar-refractivity contribution >= 4 is 56.2 Å². The molecule has 0 aromatic heterocycles. The van der Waals surface area contributed by atoms with E-state index >= 15 is 0 Å². The van der Waals surface area contributed by atoms with Gasteiger partial charge in [0, 0.05) is 10.0 Å². The summed E-state index contributed by atoms with van der Waals surface area (Å²) in [5.74, 6) is 0.164. The summed E-state index contributed by atoms with van der Waals surface area (Å²) in [6.07, 6.45) is 1.79. The molecule has 3 aromatic carbocycles. The van der Waals surface area contributed by atoms with Crippen molar-refractivity contribution in [2.45, 2.75) is 20.1 Å². The number of halogens is 2. The third kappa shape index (κ3) is 5.46. The summed E-state index contributed by atoms with van der Waals surface area (Å²) in [6.45, 7) is 2.68. The van der Waals surface area contributed by atoms with Crippen LogP contribution < -0.4 is 4.74 Å². The minimum atomic E-state index is -0.306. The monoisotopic (exact) mass is 527 g/mol. The maximum absolute atomic E-state index is 13.5. The fraction of sp³-hybridized carbons (Fsp3) is 0.120. The summed E-state index contributed by atoms with van der Waals surface area (Å²) < 4.78 is 20.8. The fourth-order valence-corrected chi connectivity index (χ4v) is 4.83. The van der Waals surface area contributed by atoms with Gasteiger partial charge in [-0.25, -0.2) is 4.39 Å². The second kappa shape index (κ2) is 9.98. The van der Waals surface area contributed by atoms with E-state index in [0.717, 1.165) is 21.2 Å². The quantitative estimate of drug-likeness (QED) is 0.258. The number of carbonyl (C=O) groups excluding carboxylic acids is 1. The normalized spacial score (nSPS) is 15.0. The van der Waals surface area contributed by atoms with Gasteiger partial charge in [-0.2, -0.15) is 0 Å². The number of carbonyl (C=O) groups is 1. The van der Waals surface area contributed by atoms with E-state index in [2.05, 4.69) is 15.9 Å². The van der Waals surface area contributed by atoms with Gasteiger partial charge >= 0.3 is 0 Å². The number of ether oxygens (including phenoxy) is 1. The molecule has 3 aromatic rings. The van der Waals surface area contributed by atoms with E-state index in [4.69, 9.17) is 17.0 Å². The Morgan fingerprint density at radius 2 is 1.88 bits per heavy atom. The van der Waals surface area contributed by atoms with Crippen LogP contribution in [0.4, 0.5) is 4.39 Å². The van der Waals surface area contributed by atoms with Gasteiger partial charge in [-0.15, -0.1) is 0 Å². The SMILES string of the molecule is Cc1ccc(CN2C(=O)/C(=C/c3cc(Br)ccc3OCc3cccc(F)c3)SC2=S)cc1. The van der Waals surface area contributed by atoms with Crippen LogP contribution in [0.2, 0.25) is 0 Å². The lowest BCUT2D eigenvalue weighted by Gasteiger charge is -2.14. The van der Waals surface area contributed by atoms with E-state index in [0.29, 0.717) is 21.5 Å². The van der Waals surface area contributed by atoms with Crippen LogP contribution in [0.15, 0.2) is 76.1 Å². The average molecular weight is 528 g/mol. The zero-order chi connectivity index (χ0) is 22.7. The lowest BCUT2D eigenvalue weighted by Crippen LogP contribution is -2.27. The van der Waals surface area contributed by atoms with Gasteiger partial charge in [0.1, 0.15) is 22.5 Å². The van der Waals surface area contributed by atoms with Crippen molar-refractivity contribution in [2.75, 3.05) is 0 Å². The lowest BCUT2D eigenvalue weighted by molar-refractivity contribution is -0.122. The van der Waals surface area contributed by atoms with Gasteiger partial charge in [0.05, 0.1) is 11.4 Å². The minimum absolute atomic E-state index is 0.128. The predicted octanol–water partition coefficient (Wildman–Crippen LogP) is 6.88. The standard InChI is InChI=1S/C25H19BrFNO2S2/c1-16-5-7-17(8-6-16)14-28-24(29)23(32-25(28)31)13-19-12-20(26)9-10-22(19)30-15-18-3-2-4-21(27)11-18/h2-13H,14-15H2,1H3/b23-13-. The Bertz CT molecular complexity index is 1210. The number of benzene rings is 3. The highest BCUT2D eigenvalue weighted by Gasteiger charge is 2.32. The molecule has 4 rings (SSSR count). The van der Waals surface area contributed by atoms with Crippen LogP contribution in [0.5, 0.6) is 5.75 Å². The van der Waals surface area contributed by atoms with Crippen molar-refractivity contribution < 1.29 is 13.9 Å². The van der Waals surface area contributed by atoms with Crippen molar-refractivity contribution in [1.29, 1.82) is 0 Å². The third-order valence-electron chi connectivity index (χ3n) is 4.88. The molecule has 1 aliphatic heterocycles. The molecule has 7 heteroatoms. The van der Waals surface area contributed by atoms with E-state index in [1.807, 2.05) is 49.4 Å². The summed E-state index contributed by atoms with van der Waals surface area (Å²) >= 11 is 10.2. The molecule has 0 bridgehead atoms. The van der Waals surface area contributed by atoms with E-state index < -0.39 is 0 Å². The van der Waals surface area contributed by atoms with Crippen LogP contribution in [0, 0.1) is 12.7 Å². The van der Waals surface area contributed by atoms with Crippen LogP contribution in [-0.4, -0.2) is 15.1 Å². The maximum Gasteiger partial charge on any atom is 0.266 e. The van der Waals surface area contributed by atoms with E-state index in [-0.39, 0.29) is 18.3 Å². The molecule has 0 saturated carbocycles. The van der Waals surface area contributed by atoms with Gasteiger partial charge in [0.2, 0.25) is 0 Å². The molecule has 1 heterocycles. The molecular formula is C25H19BrFNO2S2. The predicted molar refractivity (Wildman–Crippen MR) is 135 cm³/mol. The number of nitrogens with zero attached hydrogens (tertiary/aromatic N) is 1. The molecule has 1 fully saturated rings. The van der Waals surface area contributed by atoms with Gasteiger partial charge in [-0.1, -0.05) is 81.9 Å². The number of amides is 1. The number of hydrogen-bond donors (Lipinski definition) is 0. The molecule has 1 saturated heterocycles. The highest BCUT2D eigenvalue weighted by molar-refractivity contribution is 9.10. The largest absolute Gasteiger partial charge is 0.488 e. The average Bonchev–Trinajstić information content (AvgIpc) is 3.02. The first-order valence-electron chi connectivity index (χ1n) is 9.87. The Morgan fingerprint density at radius 3 is 2.62 bits per heavy atom. The van der Waals surface area contributed by atoms with Crippen LogP contribution in [-0.2, 0) is 17.9 Å². The molecule has 0 aliphatic carbocycles. The molecular weight excluding hydrogens is 509 g/mol. The number of rotatable bonds is 6. The van der Waals surface area contributed by atoms with E-state index in [9.17, 15) is 9.18 Å². The Hall–Kier alpha value is -2.48. The Kier molecular flexibility index (Phi) is 7.08. The molecule has 0 radical (unpaired) electrons. The smallest absolute Gasteiger partial charge is 0.266 e. The number of hydrogen-bond acceptors (Lipinski definition) is 4. The maximum atomic E-state index is 13.5. The molecule has 0 unspecified atom stereocenters. The second-order valence-electron chi connectivity index (χ2n) is 7.35. The fourth-order valence-electron chi connectivity index (χ4n) is 3.20. The summed E-state index contributed by atoms with van der Waals surface area (Å²) in [4.78, 5) is 15.2. The third-order valence-corrected chi connectivity index (χ3v) is 6.75. The lowest BCUT2D eigenvalue weighted by atomic mass is 10.1. The molecule has 0 spiro atoms. The summed E-state index contributed by atoms with van der Waals surface area (Å²) in [6, 6.07) is 19.9. The first-order valence-corrected chi connectivity index (χ1v) is 11.9. The van der Waals surface area contributed by atoms with Gasteiger partial charge in [-0.05, 0) is 54.5 Å². The van der Waals surface area contributed by atoms with Crippen LogP contribution in [0.25, 0.3) is 6.08 Å². The number of thioether (sulfide) groups is 1. The van der Waals surface area contributed by atoms with Crippen molar-refractivity contribution in [3.63, 3.8) is 0 Å². The molecule has 1 aliphatic rings. The summed E-state index contributed by atoms with van der Waals surface area (Å²) in [5.41, 5.74) is 3.66. The Balaban J connectivity index is 1.55. The second-order valence-corrected chi connectivity index (χ2v) is 9.95. The zero-order valence-corrected chi connectivity index (χ0v) is 20.4. The first-order chi connectivity index (χ1) is 15.4. The zero-order valence-electron chi connectivity index (χ0n) is 17.2. The molecule has 162 valence electrons. The van der Waals surface area contributed by atoms with Crippen LogP contribution in [0.3, 0.4) is 0 Å². The van der Waals surface area contributed by atoms with Gasteiger partial charge in [-0.3, -0.25) is 9.69 Å². The Morgan fingerprint density at radius 1 is 1.09 bits per heavy atom. The first kappa shape index (κ1) is 22.7. The molecule has 0 N–H and O–H groups in total. The number of aryl methyl sites for hydroxylation is 1. The van der Waals surface area contributed by atoms with Crippen LogP contribution >= 0.6 is 39.9 Å². The summed E-state index contributed by atoms with van der Waals surface area (Å²) in [7, 11) is 0. The molecule has 0 atom stereocenters. The van der Waals surface area contributed by atoms with Gasteiger partial charge < -0.3 is 4.74 Å². The number of thiocarbonyl (C=S) groups is 1. The molecule has 32 heavy (non-hydrogen) atoms. The Labute approximate surface area is 204 Å². The molecule has 1 amide bonds. The van der Waals surface area contributed by atoms with Crippen molar-refractivity contribution in [1.82, 2.24) is 4.90 Å². The molecule has 3 nitrogen and oxygen atoms in total. The van der Waals surface area contributed by atoms with E-state index in [1.54, 1.807) is 23.1 Å².